The van der Waals surface area contributed by atoms with E-state index in [0.717, 1.165) is 85.4 Å². The van der Waals surface area contributed by atoms with E-state index in [9.17, 15) is 28.8 Å². The summed E-state index contributed by atoms with van der Waals surface area (Å²) in [6.07, 6.45) is 8.31. The number of amides is 4. The normalized spacial score (nSPS) is 16.8. The molecule has 4 amide bonds. The van der Waals surface area contributed by atoms with E-state index < -0.39 is 12.0 Å². The first-order valence-corrected chi connectivity index (χ1v) is 28.3. The van der Waals surface area contributed by atoms with Gasteiger partial charge in [0.2, 0.25) is 11.8 Å². The van der Waals surface area contributed by atoms with Crippen LogP contribution < -0.4 is 44.9 Å². The number of likely N-dealkylation sites (N-methyl/N-ethyl adjacent to an activating group) is 1. The lowest BCUT2D eigenvalue weighted by Crippen LogP contribution is -2.41. The summed E-state index contributed by atoms with van der Waals surface area (Å²) in [5, 5.41) is 9.11. The number of ketones is 2. The van der Waals surface area contributed by atoms with Crippen molar-refractivity contribution in [2.45, 2.75) is 143 Å². The van der Waals surface area contributed by atoms with Gasteiger partial charge in [0.1, 0.15) is 24.7 Å². The van der Waals surface area contributed by atoms with Crippen molar-refractivity contribution >= 4 is 57.9 Å². The van der Waals surface area contributed by atoms with E-state index in [1.54, 1.807) is 27.0 Å². The molecule has 5 aromatic rings. The zero-order chi connectivity index (χ0) is 55.7. The molecule has 0 bridgehead atoms. The fourth-order valence-corrected chi connectivity index (χ4v) is 11.7. The van der Waals surface area contributed by atoms with Crippen LogP contribution in [0, 0.1) is 12.8 Å². The van der Waals surface area contributed by atoms with Crippen LogP contribution in [0.15, 0.2) is 91.0 Å². The van der Waals surface area contributed by atoms with Crippen LogP contribution in [-0.2, 0) is 51.7 Å². The van der Waals surface area contributed by atoms with E-state index in [1.165, 1.54) is 11.1 Å². The quantitative estimate of drug-likeness (QED) is 0.0475. The summed E-state index contributed by atoms with van der Waals surface area (Å²) in [6, 6.07) is 28.6. The number of methoxy groups -OCH3 is 1. The first-order valence-electron chi connectivity index (χ1n) is 28.3. The molecule has 0 fully saturated rings. The zero-order valence-corrected chi connectivity index (χ0v) is 46.7. The average molecular weight is 1070 g/mol. The number of fused-ring (bicyclic) bond motifs is 8. The van der Waals surface area contributed by atoms with Gasteiger partial charge in [-0.3, -0.25) is 28.8 Å². The van der Waals surface area contributed by atoms with Crippen LogP contribution in [0.4, 0.5) is 22.7 Å². The summed E-state index contributed by atoms with van der Waals surface area (Å²) in [5.41, 5.74) is 9.82. The number of nitrogens with one attached hydrogen (secondary N) is 3. The summed E-state index contributed by atoms with van der Waals surface area (Å²) >= 11 is 0. The number of hydrogen-bond acceptors (Lipinski definition) is 11. The number of anilines is 4. The second-order valence-corrected chi connectivity index (χ2v) is 21.9. The number of benzene rings is 5. The number of rotatable bonds is 25. The molecule has 3 N–H and O–H groups in total. The number of unbranched alkanes of at least 4 members (excludes halogenated alkanes) is 3. The molecule has 0 saturated heterocycles. The minimum atomic E-state index is -0.795. The number of para-hydroxylation sites is 2. The molecule has 4 aliphatic heterocycles. The Hall–Kier alpha value is -7.52. The van der Waals surface area contributed by atoms with Gasteiger partial charge in [-0.15, -0.1) is 0 Å². The standard InChI is InChI=1S/C64H76N6O9/c1-7-65-26-16-8-9-19-51(71)20-12-15-23-61(73)66-42(4)57(72)28-41(3)62(74)67-48-30-43(38-78-58-36-56-53(27-40(58)2)64(76)70-50(37-68(56)5)33-47-18-11-14-22-55(47)70)29-44(31-48)39-79-60-34-45-24-25-49-32-46-17-10-13-21-54(46)69(49)63(75)52(45)35-59(60)77-6/h10-11,13-14,17-18,21-22,27,29-31,34-36,41-42,49-50,65H,7-9,12,15-16,19-20,23-26,28,32-33,37-39H2,1-6H3,(H,66,73)(H,67,74)/t41-,42+,49-,50+/m1/s1. The molecule has 4 aliphatic rings. The Bertz CT molecular complexity index is 3100. The van der Waals surface area contributed by atoms with E-state index >= 15 is 0 Å². The predicted octanol–water partition coefficient (Wildman–Crippen LogP) is 10.0. The van der Waals surface area contributed by atoms with Gasteiger partial charge in [-0.2, -0.15) is 0 Å². The maximum absolute atomic E-state index is 14.3. The molecular formula is C64H76N6O9. The highest BCUT2D eigenvalue weighted by Crippen LogP contribution is 2.42. The fourth-order valence-electron chi connectivity index (χ4n) is 11.7. The number of ether oxygens (including phenoxy) is 3. The first-order chi connectivity index (χ1) is 38.2. The molecule has 5 aromatic carbocycles. The van der Waals surface area contributed by atoms with Crippen molar-refractivity contribution in [3.8, 4) is 17.2 Å². The van der Waals surface area contributed by atoms with Crippen molar-refractivity contribution in [2.75, 3.05) is 53.8 Å². The Morgan fingerprint density at radius 1 is 0.684 bits per heavy atom. The summed E-state index contributed by atoms with van der Waals surface area (Å²) in [6.45, 7) is 10.1. The molecule has 0 aromatic heterocycles. The molecule has 4 heterocycles. The average Bonchev–Trinajstić information content (AvgIpc) is 4.14. The highest BCUT2D eigenvalue weighted by atomic mass is 16.5. The van der Waals surface area contributed by atoms with Crippen LogP contribution in [0.3, 0.4) is 0 Å². The van der Waals surface area contributed by atoms with E-state index in [2.05, 4.69) is 39.9 Å². The fraction of sp³-hybridized carbons (Fsp3) is 0.438. The number of Topliss-reactive ketones (excluding diaryl/α,β-unsaturated/α-hetero) is 2. The van der Waals surface area contributed by atoms with Gasteiger partial charge in [0.15, 0.2) is 17.3 Å². The minimum absolute atomic E-state index is 0.00224. The molecule has 0 saturated carbocycles. The van der Waals surface area contributed by atoms with Gasteiger partial charge in [-0.05, 0) is 160 Å². The predicted molar refractivity (Wildman–Crippen MR) is 308 cm³/mol. The lowest BCUT2D eigenvalue weighted by atomic mass is 9.99. The molecular weight excluding hydrogens is 997 g/mol. The molecule has 416 valence electrons. The maximum Gasteiger partial charge on any atom is 0.260 e. The first kappa shape index (κ1) is 56.2. The van der Waals surface area contributed by atoms with E-state index in [0.29, 0.717) is 78.3 Å². The van der Waals surface area contributed by atoms with E-state index in [4.69, 9.17) is 14.2 Å². The van der Waals surface area contributed by atoms with Crippen LogP contribution in [-0.4, -0.2) is 87.1 Å². The summed E-state index contributed by atoms with van der Waals surface area (Å²) in [4.78, 5) is 86.9. The lowest BCUT2D eigenvalue weighted by molar-refractivity contribution is -0.129. The van der Waals surface area contributed by atoms with Crippen molar-refractivity contribution in [3.05, 3.63) is 136 Å². The summed E-state index contributed by atoms with van der Waals surface area (Å²) in [5.74, 6) is -0.0129. The lowest BCUT2D eigenvalue weighted by Gasteiger charge is -2.25. The number of carbonyl (C=O) groups is 6. The second-order valence-electron chi connectivity index (χ2n) is 21.9. The molecule has 9 rings (SSSR count). The topological polar surface area (TPSA) is 176 Å². The van der Waals surface area contributed by atoms with Gasteiger partial charge < -0.3 is 44.9 Å². The van der Waals surface area contributed by atoms with Gasteiger partial charge in [0.05, 0.1) is 30.4 Å². The Labute approximate surface area is 464 Å². The molecule has 0 spiro atoms. The molecule has 15 nitrogen and oxygen atoms in total. The maximum atomic E-state index is 14.3. The van der Waals surface area contributed by atoms with E-state index in [-0.39, 0.29) is 73.3 Å². The van der Waals surface area contributed by atoms with Crippen molar-refractivity contribution in [1.29, 1.82) is 0 Å². The minimum Gasteiger partial charge on any atom is -0.493 e. The largest absolute Gasteiger partial charge is 0.493 e. The third kappa shape index (κ3) is 13.2. The third-order valence-electron chi connectivity index (χ3n) is 16.0. The molecule has 0 radical (unpaired) electrons. The van der Waals surface area contributed by atoms with Crippen molar-refractivity contribution in [1.82, 2.24) is 10.6 Å². The number of aryl methyl sites for hydroxylation is 2. The number of hydrogen-bond donors (Lipinski definition) is 3. The van der Waals surface area contributed by atoms with Crippen LogP contribution in [0.25, 0.3) is 0 Å². The second kappa shape index (κ2) is 25.5. The van der Waals surface area contributed by atoms with Gasteiger partial charge in [0, 0.05) is 79.9 Å². The smallest absolute Gasteiger partial charge is 0.260 e. The molecule has 15 heteroatoms. The van der Waals surface area contributed by atoms with Gasteiger partial charge in [0.25, 0.3) is 11.8 Å². The molecule has 79 heavy (non-hydrogen) atoms. The Morgan fingerprint density at radius 2 is 1.32 bits per heavy atom. The Balaban J connectivity index is 0.872. The van der Waals surface area contributed by atoms with Crippen LogP contribution in [0.2, 0.25) is 0 Å². The van der Waals surface area contributed by atoms with Crippen molar-refractivity contribution in [2.24, 2.45) is 5.92 Å². The van der Waals surface area contributed by atoms with E-state index in [1.807, 2.05) is 96.6 Å². The highest BCUT2D eigenvalue weighted by Gasteiger charge is 2.40. The highest BCUT2D eigenvalue weighted by molar-refractivity contribution is 6.12. The summed E-state index contributed by atoms with van der Waals surface area (Å²) < 4.78 is 19.0. The Kier molecular flexibility index (Phi) is 18.2. The number of carbonyl (C=O) groups excluding carboxylic acids is 6. The van der Waals surface area contributed by atoms with Crippen LogP contribution >= 0.6 is 0 Å². The molecule has 0 unspecified atom stereocenters. The zero-order valence-electron chi connectivity index (χ0n) is 46.7. The molecule has 0 aliphatic carbocycles. The SMILES string of the molecule is CCNCCCCCC(=O)CCCCC(=O)N[C@@H](C)C(=O)C[C@@H](C)C(=O)Nc1cc(COc2cc3c(cc2C)C(=O)N2c4ccccc4C[C@H]2CN3C)cc(COc2cc3c(cc2OC)C(=O)N2c4ccccc4C[C@H]2CC3)c1. The van der Waals surface area contributed by atoms with Crippen molar-refractivity contribution in [3.63, 3.8) is 0 Å². The molecule has 4 atom stereocenters. The monoisotopic (exact) mass is 1070 g/mol. The third-order valence-corrected chi connectivity index (χ3v) is 16.0. The summed E-state index contributed by atoms with van der Waals surface area (Å²) in [7, 11) is 3.56. The van der Waals surface area contributed by atoms with Crippen LogP contribution in [0.1, 0.15) is 139 Å². The Morgan fingerprint density at radius 3 is 2.01 bits per heavy atom. The number of nitrogens with zero attached hydrogens (tertiary/aromatic N) is 3. The van der Waals surface area contributed by atoms with Crippen molar-refractivity contribution < 1.29 is 43.0 Å². The van der Waals surface area contributed by atoms with Gasteiger partial charge in [-0.25, -0.2) is 0 Å². The van der Waals surface area contributed by atoms with Gasteiger partial charge >= 0.3 is 0 Å². The van der Waals surface area contributed by atoms with Gasteiger partial charge in [-0.1, -0.05) is 56.7 Å². The van der Waals surface area contributed by atoms with Crippen LogP contribution in [0.5, 0.6) is 17.2 Å².